The number of hydrogen-bond donors (Lipinski definition) is 1. The van der Waals surface area contributed by atoms with Gasteiger partial charge in [0.05, 0.1) is 18.4 Å². The van der Waals surface area contributed by atoms with Gasteiger partial charge in [-0.2, -0.15) is 18.3 Å². The maximum Gasteiger partial charge on any atom is 0.435 e. The lowest BCUT2D eigenvalue weighted by atomic mass is 10.3. The van der Waals surface area contributed by atoms with Crippen LogP contribution >= 0.6 is 0 Å². The number of anilines is 1. The Kier molecular flexibility index (Phi) is 3.00. The molecule has 0 spiro atoms. The lowest BCUT2D eigenvalue weighted by Gasteiger charge is -2.06. The van der Waals surface area contributed by atoms with Crippen molar-refractivity contribution in [2.75, 3.05) is 5.32 Å². The number of hydrogen-bond acceptors (Lipinski definition) is 5. The van der Waals surface area contributed by atoms with Gasteiger partial charge in [-0.05, 0) is 0 Å². The number of alkyl halides is 3. The summed E-state index contributed by atoms with van der Waals surface area (Å²) in [4.78, 5) is 4.04. The van der Waals surface area contributed by atoms with E-state index in [4.69, 9.17) is 0 Å². The van der Waals surface area contributed by atoms with E-state index in [0.29, 0.717) is 12.4 Å². The van der Waals surface area contributed by atoms with Gasteiger partial charge in [0.15, 0.2) is 11.5 Å². The summed E-state index contributed by atoms with van der Waals surface area (Å²) in [6.07, 6.45) is -0.189. The van der Waals surface area contributed by atoms with E-state index in [9.17, 15) is 13.2 Å². The molecule has 3 rings (SSSR count). The normalized spacial score (nSPS) is 12.0. The number of fused-ring (bicyclic) bond motifs is 1. The van der Waals surface area contributed by atoms with Crippen molar-refractivity contribution < 1.29 is 13.2 Å². The van der Waals surface area contributed by atoms with Crippen LogP contribution in [0.15, 0.2) is 24.7 Å². The first-order chi connectivity index (χ1) is 9.95. The van der Waals surface area contributed by atoms with Gasteiger partial charge in [0, 0.05) is 25.5 Å². The average Bonchev–Trinajstić information content (AvgIpc) is 3.02. The van der Waals surface area contributed by atoms with Gasteiger partial charge in [0.25, 0.3) is 0 Å². The van der Waals surface area contributed by atoms with Crippen LogP contribution in [0.2, 0.25) is 0 Å². The fraction of sp³-hybridized carbons (Fsp3) is 0.273. The zero-order valence-corrected chi connectivity index (χ0v) is 10.8. The van der Waals surface area contributed by atoms with Gasteiger partial charge in [-0.25, -0.2) is 9.50 Å². The van der Waals surface area contributed by atoms with Crippen LogP contribution in [0.1, 0.15) is 11.4 Å². The van der Waals surface area contributed by atoms with Crippen LogP contribution < -0.4 is 5.32 Å². The van der Waals surface area contributed by atoms with E-state index >= 15 is 0 Å². The van der Waals surface area contributed by atoms with Crippen LogP contribution in [-0.4, -0.2) is 29.6 Å². The first kappa shape index (κ1) is 13.3. The number of aryl methyl sites for hydroxylation is 1. The van der Waals surface area contributed by atoms with E-state index in [-0.39, 0.29) is 5.52 Å². The Morgan fingerprint density at radius 2 is 2.14 bits per heavy atom. The predicted molar refractivity (Wildman–Crippen MR) is 66.3 cm³/mol. The minimum absolute atomic E-state index is 0.250. The molecule has 10 heteroatoms. The molecule has 7 nitrogen and oxygen atoms in total. The van der Waals surface area contributed by atoms with E-state index in [2.05, 4.69) is 25.7 Å². The number of aromatic nitrogens is 6. The van der Waals surface area contributed by atoms with Crippen LogP contribution in [0.25, 0.3) is 5.52 Å². The van der Waals surface area contributed by atoms with Gasteiger partial charge in [0.1, 0.15) is 5.52 Å². The highest BCUT2D eigenvalue weighted by Crippen LogP contribution is 2.30. The molecule has 0 bridgehead atoms. The molecule has 0 aliphatic carbocycles. The fourth-order valence-electron chi connectivity index (χ4n) is 1.84. The molecule has 1 N–H and O–H groups in total. The SMILES string of the molecule is Cn1nncc1CNc1nccn2nc(C(F)(F)F)cc12. The third kappa shape index (κ3) is 2.51. The summed E-state index contributed by atoms with van der Waals surface area (Å²) in [5, 5.41) is 13.9. The quantitative estimate of drug-likeness (QED) is 0.793. The first-order valence-corrected chi connectivity index (χ1v) is 5.94. The van der Waals surface area contributed by atoms with Crippen molar-refractivity contribution in [3.8, 4) is 0 Å². The Morgan fingerprint density at radius 3 is 2.81 bits per heavy atom. The molecule has 0 fully saturated rings. The van der Waals surface area contributed by atoms with Gasteiger partial charge in [-0.15, -0.1) is 5.10 Å². The summed E-state index contributed by atoms with van der Waals surface area (Å²) >= 11 is 0. The summed E-state index contributed by atoms with van der Waals surface area (Å²) < 4.78 is 40.7. The van der Waals surface area contributed by atoms with Crippen molar-refractivity contribution in [1.82, 2.24) is 29.6 Å². The third-order valence-corrected chi connectivity index (χ3v) is 2.93. The van der Waals surface area contributed by atoms with E-state index < -0.39 is 11.9 Å². The van der Waals surface area contributed by atoms with Crippen LogP contribution in [0.4, 0.5) is 19.0 Å². The Labute approximate surface area is 116 Å². The molecule has 0 aliphatic rings. The zero-order chi connectivity index (χ0) is 15.0. The molecule has 3 aromatic rings. The van der Waals surface area contributed by atoms with Crippen molar-refractivity contribution in [1.29, 1.82) is 0 Å². The summed E-state index contributed by atoms with van der Waals surface area (Å²) in [7, 11) is 1.72. The van der Waals surface area contributed by atoms with Crippen LogP contribution in [0.3, 0.4) is 0 Å². The molecule has 0 amide bonds. The highest BCUT2D eigenvalue weighted by atomic mass is 19.4. The second kappa shape index (κ2) is 4.72. The summed E-state index contributed by atoms with van der Waals surface area (Å²) in [5.74, 6) is 0.307. The van der Waals surface area contributed by atoms with Gasteiger partial charge in [0.2, 0.25) is 0 Å². The molecule has 3 heterocycles. The lowest BCUT2D eigenvalue weighted by molar-refractivity contribution is -0.141. The highest BCUT2D eigenvalue weighted by Gasteiger charge is 2.34. The first-order valence-electron chi connectivity index (χ1n) is 5.94. The van der Waals surface area contributed by atoms with Gasteiger partial charge >= 0.3 is 6.18 Å². The monoisotopic (exact) mass is 297 g/mol. The molecule has 0 unspecified atom stereocenters. The summed E-state index contributed by atoms with van der Waals surface area (Å²) in [5.41, 5.74) is 0.0649. The van der Waals surface area contributed by atoms with Crippen LogP contribution in [0.5, 0.6) is 0 Å². The van der Waals surface area contributed by atoms with Crippen molar-refractivity contribution in [2.45, 2.75) is 12.7 Å². The number of halogens is 3. The third-order valence-electron chi connectivity index (χ3n) is 2.93. The number of nitrogens with one attached hydrogen (secondary N) is 1. The average molecular weight is 297 g/mol. The second-order valence-corrected chi connectivity index (χ2v) is 4.34. The molecular formula is C11H10F3N7. The van der Waals surface area contributed by atoms with Crippen molar-refractivity contribution in [2.24, 2.45) is 7.05 Å². The standard InChI is InChI=1S/C11H10F3N7/c1-20-7(6-17-19-20)5-16-10-8-4-9(11(12,13)14)18-21(8)3-2-15-10/h2-4,6H,5H2,1H3,(H,15,16). The van der Waals surface area contributed by atoms with Crippen LogP contribution in [0, 0.1) is 0 Å². The molecule has 21 heavy (non-hydrogen) atoms. The van der Waals surface area contributed by atoms with E-state index in [1.54, 1.807) is 17.9 Å². The Hall–Kier alpha value is -2.65. The highest BCUT2D eigenvalue weighted by molar-refractivity contribution is 5.67. The van der Waals surface area contributed by atoms with E-state index in [1.807, 2.05) is 0 Å². The van der Waals surface area contributed by atoms with Crippen molar-refractivity contribution >= 4 is 11.3 Å². The largest absolute Gasteiger partial charge is 0.435 e. The maximum atomic E-state index is 12.7. The molecular weight excluding hydrogens is 287 g/mol. The molecule has 0 atom stereocenters. The number of nitrogens with zero attached hydrogens (tertiary/aromatic N) is 6. The smallest absolute Gasteiger partial charge is 0.363 e. The van der Waals surface area contributed by atoms with Gasteiger partial charge in [-0.1, -0.05) is 5.21 Å². The minimum atomic E-state index is -4.49. The number of rotatable bonds is 3. The minimum Gasteiger partial charge on any atom is -0.363 e. The summed E-state index contributed by atoms with van der Waals surface area (Å²) in [6, 6.07) is 0.955. The van der Waals surface area contributed by atoms with Crippen molar-refractivity contribution in [3.63, 3.8) is 0 Å². The molecule has 110 valence electrons. The molecule has 3 aromatic heterocycles. The van der Waals surface area contributed by atoms with Crippen molar-refractivity contribution in [3.05, 3.63) is 36.0 Å². The Morgan fingerprint density at radius 1 is 1.33 bits per heavy atom. The fourth-order valence-corrected chi connectivity index (χ4v) is 1.84. The Bertz CT molecular complexity index is 774. The zero-order valence-electron chi connectivity index (χ0n) is 10.8. The van der Waals surface area contributed by atoms with Gasteiger partial charge < -0.3 is 5.32 Å². The van der Waals surface area contributed by atoms with E-state index in [0.717, 1.165) is 16.3 Å². The Balaban J connectivity index is 1.92. The molecule has 0 aliphatic heterocycles. The van der Waals surface area contributed by atoms with Gasteiger partial charge in [-0.3, -0.25) is 4.68 Å². The molecule has 0 saturated heterocycles. The van der Waals surface area contributed by atoms with Crippen LogP contribution in [-0.2, 0) is 19.8 Å². The molecule has 0 saturated carbocycles. The topological polar surface area (TPSA) is 72.9 Å². The predicted octanol–water partition coefficient (Wildman–Crippen LogP) is 1.49. The molecule has 0 aromatic carbocycles. The second-order valence-electron chi connectivity index (χ2n) is 4.34. The lowest BCUT2D eigenvalue weighted by Crippen LogP contribution is -2.07. The maximum absolute atomic E-state index is 12.7. The summed E-state index contributed by atoms with van der Waals surface area (Å²) in [6.45, 7) is 0.336. The molecule has 0 radical (unpaired) electrons. The van der Waals surface area contributed by atoms with E-state index in [1.165, 1.54) is 12.4 Å².